The molecule has 3 rings (SSSR count). The van der Waals surface area contributed by atoms with Gasteiger partial charge >= 0.3 is 0 Å². The minimum absolute atomic E-state index is 0.371. The second kappa shape index (κ2) is 4.31. The van der Waals surface area contributed by atoms with Crippen LogP contribution in [-0.2, 0) is 0 Å². The van der Waals surface area contributed by atoms with Crippen LogP contribution >= 0.6 is 0 Å². The van der Waals surface area contributed by atoms with Gasteiger partial charge in [0.1, 0.15) is 11.8 Å². The van der Waals surface area contributed by atoms with Crippen molar-refractivity contribution in [1.82, 2.24) is 14.6 Å². The molecule has 0 unspecified atom stereocenters. The quantitative estimate of drug-likeness (QED) is 0.703. The highest BCUT2D eigenvalue weighted by Gasteiger charge is 2.07. The van der Waals surface area contributed by atoms with Crippen LogP contribution in [0.1, 0.15) is 5.56 Å². The number of hydrogen-bond donors (Lipinski definition) is 1. The lowest BCUT2D eigenvalue weighted by molar-refractivity contribution is 0.461. The van der Waals surface area contributed by atoms with E-state index < -0.39 is 0 Å². The predicted molar refractivity (Wildman–Crippen MR) is 68.6 cm³/mol. The number of fused-ring (bicyclic) bond motifs is 1. The molecular formula is C13H9N5O. The fourth-order valence-electron chi connectivity index (χ4n) is 1.69. The monoisotopic (exact) mass is 251 g/mol. The van der Waals surface area contributed by atoms with Crippen LogP contribution in [0.15, 0.2) is 42.7 Å². The van der Waals surface area contributed by atoms with E-state index in [0.29, 0.717) is 28.5 Å². The van der Waals surface area contributed by atoms with Crippen LogP contribution in [-0.4, -0.2) is 14.6 Å². The lowest BCUT2D eigenvalue weighted by Gasteiger charge is -2.07. The van der Waals surface area contributed by atoms with E-state index in [2.05, 4.69) is 10.1 Å². The summed E-state index contributed by atoms with van der Waals surface area (Å²) >= 11 is 0. The first-order valence-electron chi connectivity index (χ1n) is 5.54. The number of nitrogen functional groups attached to an aromatic ring is 1. The molecule has 0 fully saturated rings. The Bertz CT molecular complexity index is 787. The number of benzene rings is 1. The molecule has 0 saturated heterocycles. The first-order chi connectivity index (χ1) is 9.26. The van der Waals surface area contributed by atoms with E-state index in [0.717, 1.165) is 0 Å². The first-order valence-corrected chi connectivity index (χ1v) is 5.54. The second-order valence-corrected chi connectivity index (χ2v) is 3.87. The zero-order valence-corrected chi connectivity index (χ0v) is 9.82. The van der Waals surface area contributed by atoms with E-state index in [4.69, 9.17) is 15.7 Å². The zero-order valence-electron chi connectivity index (χ0n) is 9.82. The average molecular weight is 251 g/mol. The molecule has 0 spiro atoms. The van der Waals surface area contributed by atoms with Gasteiger partial charge in [0, 0.05) is 24.0 Å². The highest BCUT2D eigenvalue weighted by molar-refractivity contribution is 5.54. The van der Waals surface area contributed by atoms with Crippen molar-refractivity contribution >= 4 is 11.3 Å². The van der Waals surface area contributed by atoms with Crippen LogP contribution in [0.3, 0.4) is 0 Å². The van der Waals surface area contributed by atoms with Gasteiger partial charge < -0.3 is 10.5 Å². The van der Waals surface area contributed by atoms with Crippen LogP contribution in [0.5, 0.6) is 11.6 Å². The third-order valence-electron chi connectivity index (χ3n) is 2.57. The summed E-state index contributed by atoms with van der Waals surface area (Å²) in [6.07, 6.45) is 3.39. The second-order valence-electron chi connectivity index (χ2n) is 3.87. The number of aromatic nitrogens is 3. The summed E-state index contributed by atoms with van der Waals surface area (Å²) in [7, 11) is 0. The van der Waals surface area contributed by atoms with Crippen molar-refractivity contribution in [1.29, 1.82) is 5.26 Å². The van der Waals surface area contributed by atoms with Gasteiger partial charge in [0.25, 0.3) is 0 Å². The Morgan fingerprint density at radius 3 is 3.00 bits per heavy atom. The van der Waals surface area contributed by atoms with E-state index in [1.807, 2.05) is 6.07 Å². The summed E-state index contributed by atoms with van der Waals surface area (Å²) in [6.45, 7) is 0. The Labute approximate surface area is 108 Å². The maximum Gasteiger partial charge on any atom is 0.222 e. The van der Waals surface area contributed by atoms with Crippen LogP contribution in [0, 0.1) is 11.3 Å². The summed E-state index contributed by atoms with van der Waals surface area (Å²) in [4.78, 5) is 4.27. The Hall–Kier alpha value is -3.07. The fraction of sp³-hybridized carbons (Fsp3) is 0. The lowest BCUT2D eigenvalue weighted by atomic mass is 10.2. The van der Waals surface area contributed by atoms with Gasteiger partial charge in [-0.3, -0.25) is 0 Å². The molecule has 0 aliphatic carbocycles. The summed E-state index contributed by atoms with van der Waals surface area (Å²) < 4.78 is 7.23. The van der Waals surface area contributed by atoms with Gasteiger partial charge in [0.2, 0.25) is 5.88 Å². The molecule has 0 radical (unpaired) electrons. The van der Waals surface area contributed by atoms with E-state index in [-0.39, 0.29) is 0 Å². The number of nitrogens with two attached hydrogens (primary N) is 1. The Morgan fingerprint density at radius 2 is 2.16 bits per heavy atom. The molecule has 0 bridgehead atoms. The van der Waals surface area contributed by atoms with E-state index in [9.17, 15) is 0 Å². The van der Waals surface area contributed by atoms with Gasteiger partial charge in [-0.1, -0.05) is 0 Å². The molecular weight excluding hydrogens is 242 g/mol. The molecule has 6 nitrogen and oxygen atoms in total. The minimum Gasteiger partial charge on any atom is -0.438 e. The van der Waals surface area contributed by atoms with Gasteiger partial charge in [-0.05, 0) is 18.2 Å². The van der Waals surface area contributed by atoms with Crippen LogP contribution in [0.4, 0.5) is 5.69 Å². The van der Waals surface area contributed by atoms with Crippen molar-refractivity contribution in [2.45, 2.75) is 0 Å². The van der Waals surface area contributed by atoms with Gasteiger partial charge in [-0.2, -0.15) is 15.3 Å². The Morgan fingerprint density at radius 1 is 1.26 bits per heavy atom. The van der Waals surface area contributed by atoms with Crippen molar-refractivity contribution in [2.24, 2.45) is 0 Å². The largest absolute Gasteiger partial charge is 0.438 e. The number of hydrogen-bond acceptors (Lipinski definition) is 5. The minimum atomic E-state index is 0.371. The van der Waals surface area contributed by atoms with Crippen molar-refractivity contribution in [2.75, 3.05) is 5.73 Å². The van der Waals surface area contributed by atoms with Crippen LogP contribution in [0.2, 0.25) is 0 Å². The molecule has 92 valence electrons. The molecule has 0 aliphatic heterocycles. The van der Waals surface area contributed by atoms with E-state index in [1.165, 1.54) is 0 Å². The Kier molecular flexibility index (Phi) is 2.50. The summed E-state index contributed by atoms with van der Waals surface area (Å²) in [5.74, 6) is 0.822. The highest BCUT2D eigenvalue weighted by atomic mass is 16.5. The third kappa shape index (κ3) is 2.05. The summed E-state index contributed by atoms with van der Waals surface area (Å²) in [5, 5.41) is 13.1. The van der Waals surface area contributed by atoms with Crippen molar-refractivity contribution in [3.63, 3.8) is 0 Å². The number of nitriles is 1. The molecule has 2 aromatic heterocycles. The lowest BCUT2D eigenvalue weighted by Crippen LogP contribution is -1.95. The standard InChI is InChI=1S/C13H9N5O/c14-8-9-7-10(15)1-2-11(9)19-13-4-6-18-12(17-13)3-5-16-18/h1-7H,15H2. The number of rotatable bonds is 2. The SMILES string of the molecule is N#Cc1cc(N)ccc1Oc1ccn2nccc2n1. The molecule has 19 heavy (non-hydrogen) atoms. The summed E-state index contributed by atoms with van der Waals surface area (Å²) in [5.41, 5.74) is 7.18. The average Bonchev–Trinajstić information content (AvgIpc) is 2.88. The predicted octanol–water partition coefficient (Wildman–Crippen LogP) is 1.98. The van der Waals surface area contributed by atoms with E-state index >= 15 is 0 Å². The number of ether oxygens (including phenoxy) is 1. The smallest absolute Gasteiger partial charge is 0.222 e. The highest BCUT2D eigenvalue weighted by Crippen LogP contribution is 2.25. The molecule has 3 aromatic rings. The summed E-state index contributed by atoms with van der Waals surface area (Å²) in [6, 6.07) is 10.4. The van der Waals surface area contributed by atoms with Crippen molar-refractivity contribution in [3.05, 3.63) is 48.3 Å². The van der Waals surface area contributed by atoms with Crippen molar-refractivity contribution in [3.8, 4) is 17.7 Å². The topological polar surface area (TPSA) is 89.2 Å². The molecule has 6 heteroatoms. The van der Waals surface area contributed by atoms with Gasteiger partial charge in [-0.15, -0.1) is 0 Å². The number of nitrogens with zero attached hydrogens (tertiary/aromatic N) is 4. The fourth-order valence-corrected chi connectivity index (χ4v) is 1.69. The number of anilines is 1. The molecule has 0 atom stereocenters. The van der Waals surface area contributed by atoms with Crippen LogP contribution < -0.4 is 10.5 Å². The van der Waals surface area contributed by atoms with Gasteiger partial charge in [-0.25, -0.2) is 4.52 Å². The van der Waals surface area contributed by atoms with Gasteiger partial charge in [0.15, 0.2) is 5.65 Å². The normalized spacial score (nSPS) is 10.3. The molecule has 0 saturated carbocycles. The Balaban J connectivity index is 1.98. The van der Waals surface area contributed by atoms with Crippen LogP contribution in [0.25, 0.3) is 5.65 Å². The van der Waals surface area contributed by atoms with Gasteiger partial charge in [0.05, 0.1) is 11.8 Å². The third-order valence-corrected chi connectivity index (χ3v) is 2.57. The molecule has 2 N–H and O–H groups in total. The molecule has 1 aromatic carbocycles. The van der Waals surface area contributed by atoms with Crippen molar-refractivity contribution < 1.29 is 4.74 Å². The first kappa shape index (κ1) is 11.0. The zero-order chi connectivity index (χ0) is 13.2. The maximum absolute atomic E-state index is 9.04. The molecule has 2 heterocycles. The molecule has 0 amide bonds. The van der Waals surface area contributed by atoms with E-state index in [1.54, 1.807) is 47.2 Å². The maximum atomic E-state index is 9.04. The molecule has 0 aliphatic rings.